The van der Waals surface area contributed by atoms with Gasteiger partial charge in [-0.2, -0.15) is 0 Å². The Morgan fingerprint density at radius 2 is 2.29 bits per heavy atom. The first-order chi connectivity index (χ1) is 8.27. The maximum atomic E-state index is 12.1. The molecule has 1 aromatic heterocycles. The highest BCUT2D eigenvalue weighted by atomic mass is 16.5. The average Bonchev–Trinajstić information content (AvgIpc) is 2.40. The molecular weight excluding hydrogens is 216 g/mol. The molecule has 0 unspecified atom stereocenters. The number of pyridine rings is 1. The van der Waals surface area contributed by atoms with E-state index in [1.54, 1.807) is 29.4 Å². The number of hydrogen-bond acceptors (Lipinski definition) is 3. The maximum absolute atomic E-state index is 12.1. The van der Waals surface area contributed by atoms with Crippen LogP contribution in [-0.2, 0) is 4.74 Å². The third-order valence-electron chi connectivity index (χ3n) is 3.13. The highest BCUT2D eigenvalue weighted by Gasteiger charge is 2.19. The van der Waals surface area contributed by atoms with Gasteiger partial charge in [0.1, 0.15) is 0 Å². The van der Waals surface area contributed by atoms with Crippen LogP contribution in [-0.4, -0.2) is 42.6 Å². The van der Waals surface area contributed by atoms with E-state index < -0.39 is 0 Å². The molecule has 1 aliphatic heterocycles. The van der Waals surface area contributed by atoms with Crippen molar-refractivity contribution in [1.82, 2.24) is 9.88 Å². The van der Waals surface area contributed by atoms with Crippen LogP contribution in [0.25, 0.3) is 0 Å². The van der Waals surface area contributed by atoms with Crippen LogP contribution >= 0.6 is 0 Å². The number of aromatic nitrogens is 1. The van der Waals surface area contributed by atoms with Gasteiger partial charge in [0.2, 0.25) is 0 Å². The minimum absolute atomic E-state index is 0.0459. The molecule has 0 spiro atoms. The first-order valence-electron chi connectivity index (χ1n) is 6.00. The van der Waals surface area contributed by atoms with E-state index in [-0.39, 0.29) is 5.91 Å². The lowest BCUT2D eigenvalue weighted by molar-refractivity contribution is 0.0497. The predicted octanol–water partition coefficient (Wildman–Crippen LogP) is 1.58. The Kier molecular flexibility index (Phi) is 4.09. The SMILES string of the molecule is CN(CC1CCOCC1)C(=O)c1cccnc1. The van der Waals surface area contributed by atoms with Crippen molar-refractivity contribution in [3.63, 3.8) is 0 Å². The number of rotatable bonds is 3. The molecule has 1 fully saturated rings. The number of nitrogens with zero attached hydrogens (tertiary/aromatic N) is 2. The summed E-state index contributed by atoms with van der Waals surface area (Å²) >= 11 is 0. The second-order valence-corrected chi connectivity index (χ2v) is 4.48. The van der Waals surface area contributed by atoms with Crippen LogP contribution in [0.5, 0.6) is 0 Å². The van der Waals surface area contributed by atoms with E-state index in [1.165, 1.54) is 0 Å². The fourth-order valence-corrected chi connectivity index (χ4v) is 2.11. The topological polar surface area (TPSA) is 42.4 Å². The van der Waals surface area contributed by atoms with Gasteiger partial charge in [0.05, 0.1) is 5.56 Å². The molecule has 0 atom stereocenters. The summed E-state index contributed by atoms with van der Waals surface area (Å²) in [5.41, 5.74) is 0.655. The Morgan fingerprint density at radius 1 is 1.53 bits per heavy atom. The molecular formula is C13H18N2O2. The van der Waals surface area contributed by atoms with Crippen LogP contribution in [0.15, 0.2) is 24.5 Å². The van der Waals surface area contributed by atoms with Gasteiger partial charge in [-0.3, -0.25) is 9.78 Å². The van der Waals surface area contributed by atoms with Crippen molar-refractivity contribution in [3.8, 4) is 0 Å². The number of ether oxygens (including phenoxy) is 1. The molecule has 0 radical (unpaired) electrons. The second-order valence-electron chi connectivity index (χ2n) is 4.48. The normalized spacial score (nSPS) is 16.8. The summed E-state index contributed by atoms with van der Waals surface area (Å²) < 4.78 is 5.31. The number of carbonyl (C=O) groups excluding carboxylic acids is 1. The average molecular weight is 234 g/mol. The van der Waals surface area contributed by atoms with Crippen LogP contribution in [0.4, 0.5) is 0 Å². The number of amides is 1. The van der Waals surface area contributed by atoms with Crippen LogP contribution in [0.2, 0.25) is 0 Å². The Morgan fingerprint density at radius 3 is 2.94 bits per heavy atom. The molecule has 0 saturated carbocycles. The number of carbonyl (C=O) groups is 1. The fourth-order valence-electron chi connectivity index (χ4n) is 2.11. The Labute approximate surface area is 102 Å². The standard InChI is InChI=1S/C13H18N2O2/c1-15(10-11-4-7-17-8-5-11)13(16)12-3-2-6-14-9-12/h2-3,6,9,11H,4-5,7-8,10H2,1H3. The molecule has 92 valence electrons. The predicted molar refractivity (Wildman–Crippen MR) is 64.7 cm³/mol. The highest BCUT2D eigenvalue weighted by Crippen LogP contribution is 2.16. The fraction of sp³-hybridized carbons (Fsp3) is 0.538. The van der Waals surface area contributed by atoms with Gasteiger partial charge in [0.15, 0.2) is 0 Å². The smallest absolute Gasteiger partial charge is 0.255 e. The minimum Gasteiger partial charge on any atom is -0.381 e. The van der Waals surface area contributed by atoms with Gasteiger partial charge >= 0.3 is 0 Å². The molecule has 4 heteroatoms. The summed E-state index contributed by atoms with van der Waals surface area (Å²) in [4.78, 5) is 17.8. The van der Waals surface area contributed by atoms with Crippen molar-refractivity contribution in [2.45, 2.75) is 12.8 Å². The van der Waals surface area contributed by atoms with Gasteiger partial charge in [-0.1, -0.05) is 0 Å². The Hall–Kier alpha value is -1.42. The van der Waals surface area contributed by atoms with Crippen molar-refractivity contribution in [3.05, 3.63) is 30.1 Å². The molecule has 0 aromatic carbocycles. The van der Waals surface area contributed by atoms with Gasteiger partial charge in [0, 0.05) is 39.2 Å². The lowest BCUT2D eigenvalue weighted by Gasteiger charge is -2.27. The van der Waals surface area contributed by atoms with Crippen molar-refractivity contribution < 1.29 is 9.53 Å². The highest BCUT2D eigenvalue weighted by molar-refractivity contribution is 5.93. The summed E-state index contributed by atoms with van der Waals surface area (Å²) in [5.74, 6) is 0.610. The van der Waals surface area contributed by atoms with E-state index in [1.807, 2.05) is 7.05 Å². The van der Waals surface area contributed by atoms with Gasteiger partial charge in [-0.15, -0.1) is 0 Å². The molecule has 17 heavy (non-hydrogen) atoms. The van der Waals surface area contributed by atoms with Gasteiger partial charge < -0.3 is 9.64 Å². The monoisotopic (exact) mass is 234 g/mol. The Bertz CT molecular complexity index is 361. The summed E-state index contributed by atoms with van der Waals surface area (Å²) in [6.07, 6.45) is 5.38. The van der Waals surface area contributed by atoms with Crippen LogP contribution in [0.3, 0.4) is 0 Å². The van der Waals surface area contributed by atoms with Crippen LogP contribution in [0.1, 0.15) is 23.2 Å². The molecule has 0 aliphatic carbocycles. The first kappa shape index (κ1) is 12.0. The zero-order chi connectivity index (χ0) is 12.1. The minimum atomic E-state index is 0.0459. The zero-order valence-electron chi connectivity index (χ0n) is 10.1. The van der Waals surface area contributed by atoms with Crippen LogP contribution in [0, 0.1) is 5.92 Å². The van der Waals surface area contributed by atoms with E-state index in [0.717, 1.165) is 32.6 Å². The molecule has 1 amide bonds. The van der Waals surface area contributed by atoms with E-state index >= 15 is 0 Å². The molecule has 1 aliphatic rings. The molecule has 2 rings (SSSR count). The maximum Gasteiger partial charge on any atom is 0.255 e. The third kappa shape index (κ3) is 3.27. The molecule has 0 bridgehead atoms. The van der Waals surface area contributed by atoms with Crippen molar-refractivity contribution >= 4 is 5.91 Å². The molecule has 2 heterocycles. The summed E-state index contributed by atoms with van der Waals surface area (Å²) in [5, 5.41) is 0. The molecule has 4 nitrogen and oxygen atoms in total. The second kappa shape index (κ2) is 5.77. The lowest BCUT2D eigenvalue weighted by atomic mass is 10.00. The van der Waals surface area contributed by atoms with Crippen molar-refractivity contribution in [2.24, 2.45) is 5.92 Å². The van der Waals surface area contributed by atoms with Gasteiger partial charge in [0.25, 0.3) is 5.91 Å². The summed E-state index contributed by atoms with van der Waals surface area (Å²) in [6.45, 7) is 2.44. The molecule has 1 saturated heterocycles. The Balaban J connectivity index is 1.91. The van der Waals surface area contributed by atoms with E-state index in [2.05, 4.69) is 4.98 Å². The van der Waals surface area contributed by atoms with Gasteiger partial charge in [-0.05, 0) is 30.9 Å². The summed E-state index contributed by atoms with van der Waals surface area (Å²) in [7, 11) is 1.85. The number of hydrogen-bond donors (Lipinski definition) is 0. The van der Waals surface area contributed by atoms with Crippen molar-refractivity contribution in [2.75, 3.05) is 26.8 Å². The first-order valence-corrected chi connectivity index (χ1v) is 6.00. The largest absolute Gasteiger partial charge is 0.381 e. The summed E-state index contributed by atoms with van der Waals surface area (Å²) in [6, 6.07) is 3.59. The van der Waals surface area contributed by atoms with E-state index in [4.69, 9.17) is 4.74 Å². The quantitative estimate of drug-likeness (QED) is 0.797. The van der Waals surface area contributed by atoms with E-state index in [9.17, 15) is 4.79 Å². The molecule has 0 N–H and O–H groups in total. The zero-order valence-corrected chi connectivity index (χ0v) is 10.1. The molecule has 1 aromatic rings. The lowest BCUT2D eigenvalue weighted by Crippen LogP contribution is -2.34. The van der Waals surface area contributed by atoms with Gasteiger partial charge in [-0.25, -0.2) is 0 Å². The third-order valence-corrected chi connectivity index (χ3v) is 3.13. The van der Waals surface area contributed by atoms with E-state index in [0.29, 0.717) is 11.5 Å². The van der Waals surface area contributed by atoms with Crippen molar-refractivity contribution in [1.29, 1.82) is 0 Å². The van der Waals surface area contributed by atoms with Crippen LogP contribution < -0.4 is 0 Å².